The molecule has 0 unspecified atom stereocenters. The van der Waals surface area contributed by atoms with Crippen LogP contribution < -0.4 is 15.9 Å². The van der Waals surface area contributed by atoms with Gasteiger partial charge >= 0.3 is 13.1 Å². The SMILES string of the molecule is CC(C)C(=O)OC[C@@H]1COc2cccc3c2B(O1)O[C@@H]3CN. The van der Waals surface area contributed by atoms with Crippen LogP contribution in [-0.4, -0.2) is 39.0 Å². The molecule has 0 saturated carbocycles. The zero-order chi connectivity index (χ0) is 15.7. The summed E-state index contributed by atoms with van der Waals surface area (Å²) in [6, 6.07) is 5.78. The minimum atomic E-state index is -0.523. The van der Waals surface area contributed by atoms with Crippen molar-refractivity contribution in [2.24, 2.45) is 11.7 Å². The molecule has 22 heavy (non-hydrogen) atoms. The maximum atomic E-state index is 11.6. The largest absolute Gasteiger partial charge is 0.499 e. The molecule has 0 radical (unpaired) electrons. The molecule has 2 aliphatic rings. The molecule has 0 saturated heterocycles. The van der Waals surface area contributed by atoms with Crippen LogP contribution in [0.25, 0.3) is 0 Å². The monoisotopic (exact) mass is 305 g/mol. The number of rotatable bonds is 4. The van der Waals surface area contributed by atoms with E-state index in [2.05, 4.69) is 0 Å². The molecular formula is C15H20BNO5. The third kappa shape index (κ3) is 2.84. The molecule has 0 fully saturated rings. The smallest absolute Gasteiger partial charge is 0.491 e. The molecule has 0 aliphatic carbocycles. The van der Waals surface area contributed by atoms with E-state index in [4.69, 9.17) is 24.5 Å². The van der Waals surface area contributed by atoms with Gasteiger partial charge in [-0.15, -0.1) is 0 Å². The van der Waals surface area contributed by atoms with Crippen molar-refractivity contribution in [3.8, 4) is 5.75 Å². The Bertz CT molecular complexity index is 565. The molecule has 7 heteroatoms. The van der Waals surface area contributed by atoms with E-state index in [0.717, 1.165) is 16.8 Å². The predicted molar refractivity (Wildman–Crippen MR) is 80.9 cm³/mol. The van der Waals surface area contributed by atoms with Crippen LogP contribution in [0.5, 0.6) is 5.75 Å². The lowest BCUT2D eigenvalue weighted by Crippen LogP contribution is -2.38. The number of carbonyl (C=O) groups excluding carboxylic acids is 1. The van der Waals surface area contributed by atoms with Crippen LogP contribution >= 0.6 is 0 Å². The van der Waals surface area contributed by atoms with E-state index in [0.29, 0.717) is 13.2 Å². The van der Waals surface area contributed by atoms with Crippen molar-refractivity contribution in [2.75, 3.05) is 19.8 Å². The molecule has 2 aliphatic heterocycles. The van der Waals surface area contributed by atoms with E-state index in [1.54, 1.807) is 13.8 Å². The van der Waals surface area contributed by atoms with Crippen molar-refractivity contribution in [2.45, 2.75) is 26.1 Å². The van der Waals surface area contributed by atoms with Crippen LogP contribution in [0.1, 0.15) is 25.5 Å². The highest BCUT2D eigenvalue weighted by atomic mass is 16.6. The first-order valence-electron chi connectivity index (χ1n) is 7.53. The molecule has 0 spiro atoms. The van der Waals surface area contributed by atoms with Crippen LogP contribution in [0, 0.1) is 5.92 Å². The summed E-state index contributed by atoms with van der Waals surface area (Å²) in [5.74, 6) is 0.328. The van der Waals surface area contributed by atoms with Crippen molar-refractivity contribution in [3.63, 3.8) is 0 Å². The topological polar surface area (TPSA) is 80.0 Å². The lowest BCUT2D eigenvalue weighted by atomic mass is 9.77. The summed E-state index contributed by atoms with van der Waals surface area (Å²) in [4.78, 5) is 11.6. The van der Waals surface area contributed by atoms with E-state index >= 15 is 0 Å². The summed E-state index contributed by atoms with van der Waals surface area (Å²) < 4.78 is 22.8. The maximum Gasteiger partial charge on any atom is 0.499 e. The van der Waals surface area contributed by atoms with Crippen molar-refractivity contribution in [1.29, 1.82) is 0 Å². The van der Waals surface area contributed by atoms with Gasteiger partial charge in [-0.25, -0.2) is 0 Å². The number of nitrogens with two attached hydrogens (primary N) is 1. The average molecular weight is 305 g/mol. The Balaban J connectivity index is 1.73. The quantitative estimate of drug-likeness (QED) is 0.640. The van der Waals surface area contributed by atoms with Crippen molar-refractivity contribution >= 4 is 18.6 Å². The fourth-order valence-electron chi connectivity index (χ4n) is 2.62. The Morgan fingerprint density at radius 1 is 1.45 bits per heavy atom. The number of ether oxygens (including phenoxy) is 2. The van der Waals surface area contributed by atoms with Crippen LogP contribution in [0.2, 0.25) is 0 Å². The molecule has 2 N–H and O–H groups in total. The molecule has 118 valence electrons. The fraction of sp³-hybridized carbons (Fsp3) is 0.533. The molecule has 0 bridgehead atoms. The summed E-state index contributed by atoms with van der Waals surface area (Å²) >= 11 is 0. The van der Waals surface area contributed by atoms with Gasteiger partial charge in [-0.2, -0.15) is 0 Å². The van der Waals surface area contributed by atoms with Gasteiger partial charge in [-0.05, 0) is 11.6 Å². The Morgan fingerprint density at radius 3 is 3.00 bits per heavy atom. The van der Waals surface area contributed by atoms with Crippen molar-refractivity contribution < 1.29 is 23.6 Å². The molecule has 1 aromatic rings. The van der Waals surface area contributed by atoms with Crippen LogP contribution in [0.4, 0.5) is 0 Å². The first kappa shape index (κ1) is 15.3. The van der Waals surface area contributed by atoms with E-state index in [-0.39, 0.29) is 30.7 Å². The van der Waals surface area contributed by atoms with E-state index in [1.165, 1.54) is 0 Å². The Labute approximate surface area is 130 Å². The normalized spacial score (nSPS) is 23.0. The molecule has 6 nitrogen and oxygen atoms in total. The van der Waals surface area contributed by atoms with Gasteiger partial charge in [0, 0.05) is 12.0 Å². The standard InChI is InChI=1S/C15H20BNO5/c1-9(2)15(18)20-8-10-7-19-12-5-3-4-11-13(6-17)22-16(21-10)14(11)12/h3-5,9-10,13H,6-8,17H2,1-2H3/t10-,13+/m0/s1. The van der Waals surface area contributed by atoms with Gasteiger partial charge < -0.3 is 24.5 Å². The highest BCUT2D eigenvalue weighted by Gasteiger charge is 2.43. The minimum Gasteiger partial charge on any atom is -0.491 e. The summed E-state index contributed by atoms with van der Waals surface area (Å²) in [6.07, 6.45) is -0.565. The van der Waals surface area contributed by atoms with Crippen molar-refractivity contribution in [3.05, 3.63) is 23.8 Å². The van der Waals surface area contributed by atoms with Crippen LogP contribution in [0.3, 0.4) is 0 Å². The van der Waals surface area contributed by atoms with Gasteiger partial charge in [-0.1, -0.05) is 26.0 Å². The lowest BCUT2D eigenvalue weighted by molar-refractivity contribution is -0.150. The third-order valence-corrected chi connectivity index (χ3v) is 3.81. The second-order valence-corrected chi connectivity index (χ2v) is 5.81. The summed E-state index contributed by atoms with van der Waals surface area (Å²) in [5, 5.41) is 0. The van der Waals surface area contributed by atoms with Gasteiger partial charge in [0.25, 0.3) is 0 Å². The summed E-state index contributed by atoms with van der Waals surface area (Å²) in [7, 11) is -0.523. The Kier molecular flexibility index (Phi) is 4.38. The third-order valence-electron chi connectivity index (χ3n) is 3.81. The van der Waals surface area contributed by atoms with E-state index in [1.807, 2.05) is 18.2 Å². The molecule has 3 rings (SSSR count). The molecular weight excluding hydrogens is 285 g/mol. The van der Waals surface area contributed by atoms with Gasteiger partial charge in [0.1, 0.15) is 25.1 Å². The number of hydrogen-bond donors (Lipinski definition) is 1. The average Bonchev–Trinajstić information content (AvgIpc) is 2.77. The van der Waals surface area contributed by atoms with Crippen molar-refractivity contribution in [1.82, 2.24) is 0 Å². The number of carbonyl (C=O) groups is 1. The zero-order valence-corrected chi connectivity index (χ0v) is 12.8. The second kappa shape index (κ2) is 6.28. The number of hydrogen-bond acceptors (Lipinski definition) is 6. The lowest BCUT2D eigenvalue weighted by Gasteiger charge is -2.19. The summed E-state index contributed by atoms with van der Waals surface area (Å²) in [6.45, 7) is 4.42. The summed E-state index contributed by atoms with van der Waals surface area (Å²) in [5.41, 5.74) is 7.65. The Morgan fingerprint density at radius 2 is 2.27 bits per heavy atom. The highest BCUT2D eigenvalue weighted by Crippen LogP contribution is 2.30. The number of esters is 1. The Hall–Kier alpha value is -1.57. The first-order valence-corrected chi connectivity index (χ1v) is 7.53. The maximum absolute atomic E-state index is 11.6. The van der Waals surface area contributed by atoms with Crippen LogP contribution in [0.15, 0.2) is 18.2 Å². The van der Waals surface area contributed by atoms with E-state index in [9.17, 15) is 4.79 Å². The predicted octanol–water partition coefficient (Wildman–Crippen LogP) is 0.389. The van der Waals surface area contributed by atoms with Gasteiger partial charge in [0.2, 0.25) is 0 Å². The highest BCUT2D eigenvalue weighted by molar-refractivity contribution is 6.64. The first-order chi connectivity index (χ1) is 10.6. The fourth-order valence-corrected chi connectivity index (χ4v) is 2.62. The molecule has 2 heterocycles. The van der Waals surface area contributed by atoms with Gasteiger partial charge in [0.15, 0.2) is 0 Å². The minimum absolute atomic E-state index is 0.146. The molecule has 0 aromatic heterocycles. The van der Waals surface area contributed by atoms with Gasteiger partial charge in [-0.3, -0.25) is 4.79 Å². The zero-order valence-electron chi connectivity index (χ0n) is 12.8. The molecule has 1 aromatic carbocycles. The van der Waals surface area contributed by atoms with E-state index < -0.39 is 7.12 Å². The van der Waals surface area contributed by atoms with Gasteiger partial charge in [0.05, 0.1) is 12.0 Å². The second-order valence-electron chi connectivity index (χ2n) is 5.81. The van der Waals surface area contributed by atoms with Crippen LogP contribution in [-0.2, 0) is 18.8 Å². The molecule has 0 amide bonds. The number of benzene rings is 1. The molecule has 2 atom stereocenters.